The fraction of sp³-hybridized carbons (Fsp3) is 0.926. The van der Waals surface area contributed by atoms with Crippen molar-refractivity contribution < 1.29 is 10.2 Å². The molecule has 0 spiro atoms. The van der Waals surface area contributed by atoms with Gasteiger partial charge in [0.2, 0.25) is 0 Å². The SMILES string of the molecule is C=CC(C)(O)CCC[C@H]1CC[C@H]2[C@@H]3CC[C@H]4C[C@@](C)(O)CC[C@]4(C)[C@H]3CC[C@]12C. The predicted octanol–water partition coefficient (Wildman–Crippen LogP) is 6.50. The molecule has 0 bridgehead atoms. The van der Waals surface area contributed by atoms with Gasteiger partial charge >= 0.3 is 0 Å². The van der Waals surface area contributed by atoms with E-state index in [4.69, 9.17) is 0 Å². The van der Waals surface area contributed by atoms with E-state index in [-0.39, 0.29) is 0 Å². The van der Waals surface area contributed by atoms with Crippen molar-refractivity contribution in [2.24, 2.45) is 40.4 Å². The van der Waals surface area contributed by atoms with Crippen LogP contribution in [0.2, 0.25) is 0 Å². The summed E-state index contributed by atoms with van der Waals surface area (Å²) in [5.41, 5.74) is -0.144. The zero-order chi connectivity index (χ0) is 21.1. The monoisotopic (exact) mass is 402 g/mol. The Kier molecular flexibility index (Phi) is 5.56. The van der Waals surface area contributed by atoms with Crippen molar-refractivity contribution in [3.05, 3.63) is 12.7 Å². The largest absolute Gasteiger partial charge is 0.390 e. The molecule has 29 heavy (non-hydrogen) atoms. The van der Waals surface area contributed by atoms with Crippen LogP contribution in [-0.4, -0.2) is 21.4 Å². The number of hydrogen-bond acceptors (Lipinski definition) is 2. The van der Waals surface area contributed by atoms with Gasteiger partial charge in [0.15, 0.2) is 0 Å². The van der Waals surface area contributed by atoms with E-state index in [9.17, 15) is 10.2 Å². The first-order valence-corrected chi connectivity index (χ1v) is 12.6. The highest BCUT2D eigenvalue weighted by Gasteiger charge is 2.60. The molecule has 0 amide bonds. The van der Waals surface area contributed by atoms with Gasteiger partial charge in [0.1, 0.15) is 0 Å². The molecule has 4 fully saturated rings. The van der Waals surface area contributed by atoms with E-state index in [1.54, 1.807) is 6.08 Å². The minimum Gasteiger partial charge on any atom is -0.390 e. The van der Waals surface area contributed by atoms with Crippen molar-refractivity contribution in [1.29, 1.82) is 0 Å². The Balaban J connectivity index is 1.45. The van der Waals surface area contributed by atoms with Gasteiger partial charge in [-0.1, -0.05) is 19.9 Å². The van der Waals surface area contributed by atoms with Gasteiger partial charge in [-0.15, -0.1) is 6.58 Å². The Labute approximate surface area is 179 Å². The molecule has 4 aliphatic rings. The molecule has 0 aromatic carbocycles. The minimum absolute atomic E-state index is 0.425. The number of fused-ring (bicyclic) bond motifs is 5. The summed E-state index contributed by atoms with van der Waals surface area (Å²) in [6.45, 7) is 13.0. The lowest BCUT2D eigenvalue weighted by molar-refractivity contribution is -0.146. The van der Waals surface area contributed by atoms with Gasteiger partial charge in [-0.05, 0) is 131 Å². The molecule has 4 rings (SSSR count). The number of rotatable bonds is 5. The number of aliphatic hydroxyl groups is 2. The molecular weight excluding hydrogens is 356 g/mol. The maximum Gasteiger partial charge on any atom is 0.0797 e. The lowest BCUT2D eigenvalue weighted by Gasteiger charge is -2.62. The fourth-order valence-electron chi connectivity index (χ4n) is 8.82. The highest BCUT2D eigenvalue weighted by Crippen LogP contribution is 2.68. The van der Waals surface area contributed by atoms with Crippen LogP contribution in [0.4, 0.5) is 0 Å². The average Bonchev–Trinajstić information content (AvgIpc) is 2.99. The molecule has 2 heteroatoms. The van der Waals surface area contributed by atoms with Crippen molar-refractivity contribution in [3.8, 4) is 0 Å². The minimum atomic E-state index is -0.703. The molecule has 4 saturated carbocycles. The molecule has 1 unspecified atom stereocenters. The number of hydrogen-bond donors (Lipinski definition) is 2. The molecule has 2 N–H and O–H groups in total. The predicted molar refractivity (Wildman–Crippen MR) is 121 cm³/mol. The molecule has 2 nitrogen and oxygen atoms in total. The summed E-state index contributed by atoms with van der Waals surface area (Å²) < 4.78 is 0. The van der Waals surface area contributed by atoms with Gasteiger partial charge in [0.25, 0.3) is 0 Å². The maximum absolute atomic E-state index is 10.7. The first-order valence-electron chi connectivity index (χ1n) is 12.6. The van der Waals surface area contributed by atoms with Crippen LogP contribution >= 0.6 is 0 Å². The van der Waals surface area contributed by atoms with E-state index in [0.29, 0.717) is 10.8 Å². The lowest BCUT2D eigenvalue weighted by Crippen LogP contribution is -2.55. The summed E-state index contributed by atoms with van der Waals surface area (Å²) in [6, 6.07) is 0. The first-order chi connectivity index (χ1) is 13.5. The van der Waals surface area contributed by atoms with E-state index >= 15 is 0 Å². The van der Waals surface area contributed by atoms with Gasteiger partial charge in [0.05, 0.1) is 11.2 Å². The van der Waals surface area contributed by atoms with Gasteiger partial charge in [-0.2, -0.15) is 0 Å². The van der Waals surface area contributed by atoms with E-state index < -0.39 is 11.2 Å². The summed E-state index contributed by atoms with van der Waals surface area (Å²) >= 11 is 0. The van der Waals surface area contributed by atoms with Gasteiger partial charge in [0, 0.05) is 0 Å². The van der Waals surface area contributed by atoms with Crippen LogP contribution in [0.25, 0.3) is 0 Å². The molecule has 166 valence electrons. The van der Waals surface area contributed by atoms with Crippen LogP contribution in [-0.2, 0) is 0 Å². The van der Waals surface area contributed by atoms with Crippen LogP contribution in [0.3, 0.4) is 0 Å². The van der Waals surface area contributed by atoms with Gasteiger partial charge in [-0.3, -0.25) is 0 Å². The molecular formula is C27H46O2. The third-order valence-electron chi connectivity index (χ3n) is 10.8. The van der Waals surface area contributed by atoms with E-state index in [2.05, 4.69) is 27.4 Å². The molecule has 0 heterocycles. The quantitative estimate of drug-likeness (QED) is 0.515. The fourth-order valence-corrected chi connectivity index (χ4v) is 8.82. The van der Waals surface area contributed by atoms with E-state index in [1.165, 1.54) is 51.4 Å². The van der Waals surface area contributed by atoms with Crippen molar-refractivity contribution in [1.82, 2.24) is 0 Å². The Morgan fingerprint density at radius 3 is 2.41 bits per heavy atom. The molecule has 4 aliphatic carbocycles. The van der Waals surface area contributed by atoms with E-state index in [0.717, 1.165) is 55.3 Å². The highest BCUT2D eigenvalue weighted by molar-refractivity contribution is 5.10. The second-order valence-electron chi connectivity index (χ2n) is 12.6. The molecule has 0 aromatic rings. The van der Waals surface area contributed by atoms with Crippen molar-refractivity contribution >= 4 is 0 Å². The van der Waals surface area contributed by atoms with Crippen LogP contribution in [0.1, 0.15) is 105 Å². The lowest BCUT2D eigenvalue weighted by atomic mass is 9.44. The summed E-state index contributed by atoms with van der Waals surface area (Å²) in [5.74, 6) is 4.28. The van der Waals surface area contributed by atoms with Crippen molar-refractivity contribution in [2.75, 3.05) is 0 Å². The molecule has 0 radical (unpaired) electrons. The Hall–Kier alpha value is -0.340. The first kappa shape index (κ1) is 21.9. The van der Waals surface area contributed by atoms with Crippen molar-refractivity contribution in [3.63, 3.8) is 0 Å². The maximum atomic E-state index is 10.7. The zero-order valence-corrected chi connectivity index (χ0v) is 19.6. The normalized spacial score (nSPS) is 51.4. The van der Waals surface area contributed by atoms with Crippen LogP contribution in [0.5, 0.6) is 0 Å². The topological polar surface area (TPSA) is 40.5 Å². The zero-order valence-electron chi connectivity index (χ0n) is 19.6. The highest BCUT2D eigenvalue weighted by atomic mass is 16.3. The second kappa shape index (κ2) is 7.37. The Bertz CT molecular complexity index is 622. The Morgan fingerprint density at radius 2 is 1.69 bits per heavy atom. The smallest absolute Gasteiger partial charge is 0.0797 e. The van der Waals surface area contributed by atoms with Gasteiger partial charge < -0.3 is 10.2 Å². The third-order valence-corrected chi connectivity index (χ3v) is 10.8. The molecule has 9 atom stereocenters. The third kappa shape index (κ3) is 3.75. The second-order valence-corrected chi connectivity index (χ2v) is 12.6. The summed E-state index contributed by atoms with van der Waals surface area (Å²) in [5, 5.41) is 21.0. The van der Waals surface area contributed by atoms with E-state index in [1.807, 2.05) is 6.92 Å². The Morgan fingerprint density at radius 1 is 0.966 bits per heavy atom. The van der Waals surface area contributed by atoms with Crippen molar-refractivity contribution in [2.45, 2.75) is 116 Å². The summed E-state index contributed by atoms with van der Waals surface area (Å²) in [6.07, 6.45) is 16.6. The van der Waals surface area contributed by atoms with Crippen LogP contribution < -0.4 is 0 Å². The van der Waals surface area contributed by atoms with Crippen LogP contribution in [0.15, 0.2) is 12.7 Å². The standard InChI is InChI=1S/C27H46O2/c1-6-24(2,28)14-7-8-19-10-12-22-21-11-9-20-18-25(3,29)16-17-27(20,5)23(21)13-15-26(19,22)4/h6,19-23,28-29H,1,7-18H2,2-5H3/t19-,20-,21-,22-,23-,24?,25-,26+,27-/m0/s1. The summed E-state index contributed by atoms with van der Waals surface area (Å²) in [4.78, 5) is 0. The molecule has 0 aliphatic heterocycles. The van der Waals surface area contributed by atoms with Gasteiger partial charge in [-0.25, -0.2) is 0 Å². The average molecular weight is 403 g/mol. The molecule has 0 saturated heterocycles. The molecule has 0 aromatic heterocycles. The van der Waals surface area contributed by atoms with Crippen LogP contribution in [0, 0.1) is 40.4 Å². The summed E-state index contributed by atoms with van der Waals surface area (Å²) in [7, 11) is 0.